The number of hydroxylamine groups is 2. The lowest BCUT2D eigenvalue weighted by atomic mass is 10.1. The van der Waals surface area contributed by atoms with E-state index in [9.17, 15) is 29.4 Å². The summed E-state index contributed by atoms with van der Waals surface area (Å²) in [5, 5.41) is 39.1. The van der Waals surface area contributed by atoms with Crippen molar-refractivity contribution in [2.45, 2.75) is 24.2 Å². The third kappa shape index (κ3) is 2.70. The number of H-pyrrole nitrogens is 1. The number of ether oxygens (including phenoxy) is 1. The maximum atomic E-state index is 12.7. The number of aliphatic hydroxyl groups is 3. The highest BCUT2D eigenvalue weighted by atomic mass is 127. The van der Waals surface area contributed by atoms with Gasteiger partial charge < -0.3 is 25.3 Å². The normalized spacial score (nSPS) is 31.9. The molecular formula is C10H13FIN3O7. The summed E-state index contributed by atoms with van der Waals surface area (Å²) in [6.45, 7) is -2.24. The monoisotopic (exact) mass is 433 g/mol. The van der Waals surface area contributed by atoms with Crippen molar-refractivity contribution in [1.82, 2.24) is 14.6 Å². The molecule has 1 unspecified atom stereocenters. The van der Waals surface area contributed by atoms with E-state index in [1.807, 2.05) is 4.98 Å². The SMILES string of the molecule is O=c1[nH]c(=O)n([C@]2(O)O[C@H](CO)[C@@H](O)C2N(O)CF)cc1I. The minimum absolute atomic E-state index is 0.000323. The average molecular weight is 433 g/mol. The van der Waals surface area contributed by atoms with Gasteiger partial charge in [0.15, 0.2) is 6.80 Å². The Labute approximate surface area is 135 Å². The van der Waals surface area contributed by atoms with Crippen LogP contribution < -0.4 is 11.2 Å². The van der Waals surface area contributed by atoms with Crippen molar-refractivity contribution in [3.63, 3.8) is 0 Å². The summed E-state index contributed by atoms with van der Waals surface area (Å²) in [6.07, 6.45) is -2.16. The molecule has 1 aliphatic rings. The highest BCUT2D eigenvalue weighted by Crippen LogP contribution is 2.35. The van der Waals surface area contributed by atoms with Gasteiger partial charge in [0.2, 0.25) is 0 Å². The molecule has 1 aromatic heterocycles. The fourth-order valence-corrected chi connectivity index (χ4v) is 2.68. The number of aromatic nitrogens is 2. The molecule has 0 bridgehead atoms. The van der Waals surface area contributed by atoms with Gasteiger partial charge in [0.05, 0.1) is 10.2 Å². The standard InChI is InChI=1S/C10H13FIN3O7/c11-3-15(21)7-6(17)5(2-16)22-10(7,20)14-1-4(12)8(18)13-9(14)19/h1,5-7,16-17,20-21H,2-3H2,(H,13,18,19)/t5-,6-,7?,10-/m1/s1. The summed E-state index contributed by atoms with van der Waals surface area (Å²) in [5.41, 5.74) is -1.82. The number of alkyl halides is 1. The molecule has 124 valence electrons. The molecule has 0 aliphatic carbocycles. The average Bonchev–Trinajstić information content (AvgIpc) is 2.74. The molecule has 1 aromatic rings. The van der Waals surface area contributed by atoms with Gasteiger partial charge in [0.1, 0.15) is 18.2 Å². The smallest absolute Gasteiger partial charge is 0.332 e. The van der Waals surface area contributed by atoms with E-state index in [0.29, 0.717) is 4.57 Å². The summed E-state index contributed by atoms with van der Waals surface area (Å²) in [6, 6.07) is -1.81. The quantitative estimate of drug-likeness (QED) is 0.199. The second-order valence-corrected chi connectivity index (χ2v) is 5.76. The molecule has 0 saturated carbocycles. The Morgan fingerprint density at radius 3 is 2.73 bits per heavy atom. The van der Waals surface area contributed by atoms with Crippen molar-refractivity contribution in [1.29, 1.82) is 0 Å². The molecule has 4 atom stereocenters. The van der Waals surface area contributed by atoms with Crippen LogP contribution in [0.4, 0.5) is 4.39 Å². The highest BCUT2D eigenvalue weighted by Gasteiger charge is 2.58. The van der Waals surface area contributed by atoms with Crippen molar-refractivity contribution in [2.24, 2.45) is 0 Å². The molecule has 1 saturated heterocycles. The van der Waals surface area contributed by atoms with Crippen LogP contribution in [0.15, 0.2) is 15.8 Å². The van der Waals surface area contributed by atoms with E-state index in [1.165, 1.54) is 0 Å². The van der Waals surface area contributed by atoms with Crippen LogP contribution in [0.2, 0.25) is 0 Å². The fraction of sp³-hybridized carbons (Fsp3) is 0.600. The Hall–Kier alpha value is -0.900. The largest absolute Gasteiger partial charge is 0.394 e. The van der Waals surface area contributed by atoms with Crippen molar-refractivity contribution in [2.75, 3.05) is 13.4 Å². The summed E-state index contributed by atoms with van der Waals surface area (Å²) in [7, 11) is 0. The van der Waals surface area contributed by atoms with E-state index in [0.717, 1.165) is 6.20 Å². The second-order valence-electron chi connectivity index (χ2n) is 4.60. The van der Waals surface area contributed by atoms with E-state index >= 15 is 0 Å². The molecule has 22 heavy (non-hydrogen) atoms. The van der Waals surface area contributed by atoms with E-state index in [1.54, 1.807) is 22.6 Å². The van der Waals surface area contributed by atoms with E-state index in [2.05, 4.69) is 0 Å². The Kier molecular flexibility index (Phi) is 5.00. The van der Waals surface area contributed by atoms with Crippen LogP contribution in [0.5, 0.6) is 0 Å². The van der Waals surface area contributed by atoms with Crippen LogP contribution in [0.3, 0.4) is 0 Å². The first-order valence-corrected chi connectivity index (χ1v) is 7.06. The van der Waals surface area contributed by atoms with Crippen molar-refractivity contribution >= 4 is 22.6 Å². The first-order chi connectivity index (χ1) is 10.3. The Morgan fingerprint density at radius 2 is 2.18 bits per heavy atom. The number of aliphatic hydroxyl groups excluding tert-OH is 2. The fourth-order valence-electron chi connectivity index (χ4n) is 2.26. The van der Waals surface area contributed by atoms with Gasteiger partial charge in [-0.25, -0.2) is 13.8 Å². The van der Waals surface area contributed by atoms with Crippen LogP contribution in [-0.4, -0.2) is 66.8 Å². The van der Waals surface area contributed by atoms with Gasteiger partial charge in [-0.1, -0.05) is 0 Å². The predicted molar refractivity (Wildman–Crippen MR) is 75.6 cm³/mol. The number of halogens is 2. The van der Waals surface area contributed by atoms with Crippen molar-refractivity contribution < 1.29 is 29.7 Å². The lowest BCUT2D eigenvalue weighted by Crippen LogP contribution is -2.58. The number of aromatic amines is 1. The lowest BCUT2D eigenvalue weighted by molar-refractivity contribution is -0.314. The molecule has 0 spiro atoms. The van der Waals surface area contributed by atoms with Gasteiger partial charge in [-0.05, 0) is 22.6 Å². The minimum Gasteiger partial charge on any atom is -0.394 e. The summed E-state index contributed by atoms with van der Waals surface area (Å²) in [5.74, 6) is -2.70. The predicted octanol–water partition coefficient (Wildman–Crippen LogP) is -2.52. The van der Waals surface area contributed by atoms with Crippen LogP contribution in [-0.2, 0) is 10.6 Å². The van der Waals surface area contributed by atoms with Gasteiger partial charge >= 0.3 is 5.69 Å². The Balaban J connectivity index is 2.61. The van der Waals surface area contributed by atoms with Crippen molar-refractivity contribution in [3.05, 3.63) is 30.6 Å². The Morgan fingerprint density at radius 1 is 1.55 bits per heavy atom. The summed E-state index contributed by atoms with van der Waals surface area (Å²) >= 11 is 1.58. The molecule has 12 heteroatoms. The molecule has 10 nitrogen and oxygen atoms in total. The first-order valence-electron chi connectivity index (χ1n) is 5.98. The van der Waals surface area contributed by atoms with Gasteiger partial charge in [-0.3, -0.25) is 9.78 Å². The van der Waals surface area contributed by atoms with Gasteiger partial charge in [0.25, 0.3) is 11.5 Å². The molecule has 0 aromatic carbocycles. The molecule has 1 fully saturated rings. The topological polar surface area (TPSA) is 148 Å². The zero-order chi connectivity index (χ0) is 16.7. The molecule has 5 N–H and O–H groups in total. The van der Waals surface area contributed by atoms with Gasteiger partial charge in [-0.15, -0.1) is 5.06 Å². The number of nitrogens with one attached hydrogen (secondary N) is 1. The number of nitrogens with zero attached hydrogens (tertiary/aromatic N) is 2. The van der Waals surface area contributed by atoms with Crippen molar-refractivity contribution in [3.8, 4) is 0 Å². The molecule has 0 radical (unpaired) electrons. The molecule has 0 amide bonds. The summed E-state index contributed by atoms with van der Waals surface area (Å²) < 4.78 is 18.3. The van der Waals surface area contributed by atoms with Crippen LogP contribution >= 0.6 is 22.6 Å². The first kappa shape index (κ1) is 17.5. The molecular weight excluding hydrogens is 420 g/mol. The number of hydrogen-bond acceptors (Lipinski definition) is 8. The minimum atomic E-state index is -2.70. The van der Waals surface area contributed by atoms with Crippen LogP contribution in [0.25, 0.3) is 0 Å². The number of rotatable bonds is 4. The highest BCUT2D eigenvalue weighted by molar-refractivity contribution is 14.1. The van der Waals surface area contributed by atoms with Crippen LogP contribution in [0.1, 0.15) is 0 Å². The molecule has 2 rings (SSSR count). The Bertz CT molecular complexity index is 667. The zero-order valence-electron chi connectivity index (χ0n) is 10.9. The number of hydrogen-bond donors (Lipinski definition) is 5. The van der Waals surface area contributed by atoms with E-state index < -0.39 is 48.8 Å². The zero-order valence-corrected chi connectivity index (χ0v) is 13.0. The van der Waals surface area contributed by atoms with E-state index in [-0.39, 0.29) is 8.63 Å². The maximum Gasteiger partial charge on any atom is 0.332 e. The van der Waals surface area contributed by atoms with Crippen LogP contribution in [0, 0.1) is 3.57 Å². The van der Waals surface area contributed by atoms with Gasteiger partial charge in [-0.2, -0.15) is 0 Å². The third-order valence-corrected chi connectivity index (χ3v) is 4.05. The third-order valence-electron chi connectivity index (χ3n) is 3.28. The summed E-state index contributed by atoms with van der Waals surface area (Å²) in [4.78, 5) is 25.1. The molecule has 1 aliphatic heterocycles. The lowest BCUT2D eigenvalue weighted by Gasteiger charge is -2.33. The maximum absolute atomic E-state index is 12.7. The second kappa shape index (κ2) is 6.31. The van der Waals surface area contributed by atoms with E-state index in [4.69, 9.17) is 9.84 Å². The molecule has 2 heterocycles. The van der Waals surface area contributed by atoms with Gasteiger partial charge in [0, 0.05) is 6.20 Å².